The lowest BCUT2D eigenvalue weighted by Gasteiger charge is -2.20. The minimum atomic E-state index is 0.344. The molecule has 0 aromatic carbocycles. The highest BCUT2D eigenvalue weighted by atomic mass is 127. The number of ether oxygens (including phenoxy) is 1. The van der Waals surface area contributed by atoms with Gasteiger partial charge in [0.25, 0.3) is 0 Å². The van der Waals surface area contributed by atoms with Gasteiger partial charge in [-0.1, -0.05) is 13.8 Å². The van der Waals surface area contributed by atoms with Crippen molar-refractivity contribution in [2.45, 2.75) is 57.7 Å². The van der Waals surface area contributed by atoms with Crippen LogP contribution in [0.1, 0.15) is 50.5 Å². The molecule has 3 unspecified atom stereocenters. The van der Waals surface area contributed by atoms with E-state index in [1.165, 1.54) is 18.5 Å². The van der Waals surface area contributed by atoms with E-state index in [0.717, 1.165) is 28.1 Å². The molecule has 1 N–H and O–H groups in total. The summed E-state index contributed by atoms with van der Waals surface area (Å²) in [5.41, 5.74) is 1.18. The van der Waals surface area contributed by atoms with E-state index in [4.69, 9.17) is 14.7 Å². The van der Waals surface area contributed by atoms with Crippen molar-refractivity contribution in [3.63, 3.8) is 0 Å². The van der Waals surface area contributed by atoms with E-state index in [-0.39, 0.29) is 0 Å². The maximum Gasteiger partial charge on any atom is 0.143 e. The van der Waals surface area contributed by atoms with Crippen LogP contribution in [0.3, 0.4) is 0 Å². The first-order chi connectivity index (χ1) is 9.58. The molecule has 2 saturated heterocycles. The summed E-state index contributed by atoms with van der Waals surface area (Å²) in [6, 6.07) is 0. The van der Waals surface area contributed by atoms with Crippen LogP contribution >= 0.6 is 22.6 Å². The van der Waals surface area contributed by atoms with Gasteiger partial charge in [0.15, 0.2) is 0 Å². The molecule has 0 saturated carbocycles. The molecule has 1 aromatic heterocycles. The van der Waals surface area contributed by atoms with E-state index < -0.39 is 0 Å². The van der Waals surface area contributed by atoms with E-state index in [0.29, 0.717) is 24.0 Å². The fourth-order valence-electron chi connectivity index (χ4n) is 3.28. The Bertz CT molecular complexity index is 506. The lowest BCUT2D eigenvalue weighted by molar-refractivity contribution is 0.0998. The van der Waals surface area contributed by atoms with Gasteiger partial charge in [0.1, 0.15) is 11.6 Å². The van der Waals surface area contributed by atoms with Crippen molar-refractivity contribution in [3.8, 4) is 0 Å². The molecule has 2 aliphatic rings. The highest BCUT2D eigenvalue weighted by Crippen LogP contribution is 2.43. The molecule has 3 rings (SSSR count). The largest absolute Gasteiger partial charge is 0.374 e. The third kappa shape index (κ3) is 2.66. The number of aromatic nitrogens is 2. The van der Waals surface area contributed by atoms with Gasteiger partial charge in [0.05, 0.1) is 21.5 Å². The second-order valence-electron chi connectivity index (χ2n) is 6.26. The lowest BCUT2D eigenvalue weighted by Crippen LogP contribution is -2.19. The monoisotopic (exact) mass is 387 g/mol. The van der Waals surface area contributed by atoms with Crippen LogP contribution in [0.15, 0.2) is 0 Å². The fraction of sp³-hybridized carbons (Fsp3) is 0.733. The van der Waals surface area contributed by atoms with Crippen molar-refractivity contribution in [3.05, 3.63) is 15.1 Å². The van der Waals surface area contributed by atoms with Crippen LogP contribution in [0.25, 0.3) is 0 Å². The Labute approximate surface area is 134 Å². The van der Waals surface area contributed by atoms with E-state index in [2.05, 4.69) is 41.8 Å². The van der Waals surface area contributed by atoms with Gasteiger partial charge in [0, 0.05) is 13.0 Å². The third-order valence-electron chi connectivity index (χ3n) is 4.21. The molecule has 0 spiro atoms. The van der Waals surface area contributed by atoms with Crippen molar-refractivity contribution < 1.29 is 4.74 Å². The molecule has 5 heteroatoms. The molecule has 1 aromatic rings. The van der Waals surface area contributed by atoms with Crippen LogP contribution in [-0.2, 0) is 11.2 Å². The molecule has 110 valence electrons. The first kappa shape index (κ1) is 14.5. The van der Waals surface area contributed by atoms with Crippen molar-refractivity contribution in [2.24, 2.45) is 5.92 Å². The Balaban J connectivity index is 1.94. The molecule has 2 bridgehead atoms. The number of halogens is 1. The van der Waals surface area contributed by atoms with Gasteiger partial charge in [-0.05, 0) is 54.2 Å². The minimum absolute atomic E-state index is 0.344. The Hall–Kier alpha value is -0.430. The van der Waals surface area contributed by atoms with Gasteiger partial charge in [0.2, 0.25) is 0 Å². The fourth-order valence-corrected chi connectivity index (χ4v) is 4.01. The van der Waals surface area contributed by atoms with Crippen LogP contribution in [0.2, 0.25) is 0 Å². The summed E-state index contributed by atoms with van der Waals surface area (Å²) < 4.78 is 7.12. The molecule has 0 radical (unpaired) electrons. The van der Waals surface area contributed by atoms with Gasteiger partial charge in [-0.3, -0.25) is 0 Å². The molecule has 3 heterocycles. The zero-order valence-electron chi connectivity index (χ0n) is 12.3. The summed E-state index contributed by atoms with van der Waals surface area (Å²) in [5, 5.41) is 3.22. The maximum absolute atomic E-state index is 5.96. The number of nitrogens with one attached hydrogen (secondary N) is 1. The number of hydrogen-bond acceptors (Lipinski definition) is 4. The summed E-state index contributed by atoms with van der Waals surface area (Å²) in [7, 11) is 1.94. The predicted molar refractivity (Wildman–Crippen MR) is 88.1 cm³/mol. The number of nitrogens with zero attached hydrogens (tertiary/aromatic N) is 2. The Morgan fingerprint density at radius 3 is 2.70 bits per heavy atom. The Morgan fingerprint density at radius 1 is 1.35 bits per heavy atom. The number of hydrogen-bond donors (Lipinski definition) is 1. The zero-order valence-corrected chi connectivity index (χ0v) is 14.5. The third-order valence-corrected chi connectivity index (χ3v) is 5.35. The smallest absolute Gasteiger partial charge is 0.143 e. The highest BCUT2D eigenvalue weighted by Gasteiger charge is 2.43. The molecule has 4 nitrogen and oxygen atoms in total. The Morgan fingerprint density at radius 2 is 2.15 bits per heavy atom. The number of rotatable bonds is 4. The van der Waals surface area contributed by atoms with Crippen LogP contribution in [0.4, 0.5) is 5.82 Å². The van der Waals surface area contributed by atoms with Gasteiger partial charge in [-0.25, -0.2) is 9.97 Å². The first-order valence-corrected chi connectivity index (χ1v) is 8.56. The standard InChI is InChI=1S/C15H22IN3O/c1-8(2)6-11-13(16)15(17-3)19-14(18-11)10-7-9-4-5-12(10)20-9/h8-10,12H,4-7H2,1-3H3,(H,17,18,19). The summed E-state index contributed by atoms with van der Waals surface area (Å²) in [6.45, 7) is 4.47. The van der Waals surface area contributed by atoms with E-state index >= 15 is 0 Å². The van der Waals surface area contributed by atoms with Crippen LogP contribution in [0, 0.1) is 9.49 Å². The molecule has 3 atom stereocenters. The van der Waals surface area contributed by atoms with Gasteiger partial charge < -0.3 is 10.1 Å². The lowest BCUT2D eigenvalue weighted by atomic mass is 9.88. The second kappa shape index (κ2) is 5.75. The molecule has 2 fully saturated rings. The molecule has 0 amide bonds. The maximum atomic E-state index is 5.96. The quantitative estimate of drug-likeness (QED) is 0.805. The van der Waals surface area contributed by atoms with Crippen molar-refractivity contribution in [1.29, 1.82) is 0 Å². The molecule has 20 heavy (non-hydrogen) atoms. The number of anilines is 1. The van der Waals surface area contributed by atoms with Gasteiger partial charge >= 0.3 is 0 Å². The summed E-state index contributed by atoms with van der Waals surface area (Å²) in [6.07, 6.45) is 5.26. The predicted octanol–water partition coefficient (Wildman–Crippen LogP) is 3.36. The van der Waals surface area contributed by atoms with E-state index in [1.54, 1.807) is 0 Å². The number of fused-ring (bicyclic) bond motifs is 2. The van der Waals surface area contributed by atoms with E-state index in [1.807, 2.05) is 7.05 Å². The topological polar surface area (TPSA) is 47.0 Å². The van der Waals surface area contributed by atoms with E-state index in [9.17, 15) is 0 Å². The van der Waals surface area contributed by atoms with Crippen molar-refractivity contribution in [2.75, 3.05) is 12.4 Å². The van der Waals surface area contributed by atoms with Gasteiger partial charge in [-0.2, -0.15) is 0 Å². The summed E-state index contributed by atoms with van der Waals surface area (Å²) in [4.78, 5) is 9.63. The van der Waals surface area contributed by atoms with Crippen LogP contribution in [0.5, 0.6) is 0 Å². The first-order valence-electron chi connectivity index (χ1n) is 7.48. The second-order valence-corrected chi connectivity index (χ2v) is 7.33. The average molecular weight is 387 g/mol. The SMILES string of the molecule is CNc1nc(C2CC3CCC2O3)nc(CC(C)C)c1I. The Kier molecular flexibility index (Phi) is 4.17. The molecular weight excluding hydrogens is 365 g/mol. The van der Waals surface area contributed by atoms with Crippen molar-refractivity contribution >= 4 is 28.4 Å². The summed E-state index contributed by atoms with van der Waals surface area (Å²) in [5.74, 6) is 2.95. The summed E-state index contributed by atoms with van der Waals surface area (Å²) >= 11 is 2.36. The normalized spacial score (nSPS) is 28.4. The molecule has 0 aliphatic carbocycles. The van der Waals surface area contributed by atoms with Gasteiger partial charge in [-0.15, -0.1) is 0 Å². The molecular formula is C15H22IN3O. The van der Waals surface area contributed by atoms with Crippen molar-refractivity contribution in [1.82, 2.24) is 9.97 Å². The average Bonchev–Trinajstić information content (AvgIpc) is 3.03. The highest BCUT2D eigenvalue weighted by molar-refractivity contribution is 14.1. The zero-order chi connectivity index (χ0) is 14.3. The minimum Gasteiger partial charge on any atom is -0.374 e. The molecule has 2 aliphatic heterocycles. The van der Waals surface area contributed by atoms with Crippen LogP contribution in [-0.4, -0.2) is 29.2 Å². The van der Waals surface area contributed by atoms with Crippen LogP contribution < -0.4 is 5.32 Å².